The number of carbonyl (C=O) groups is 1. The number of para-hydroxylation sites is 1. The largest absolute Gasteiger partial charge is 0.439 e. The van der Waals surface area contributed by atoms with Crippen LogP contribution in [0, 0.1) is 11.8 Å². The zero-order valence-corrected chi connectivity index (χ0v) is 20.0. The second-order valence-electron chi connectivity index (χ2n) is 9.16. The van der Waals surface area contributed by atoms with E-state index in [9.17, 15) is 18.0 Å². The highest BCUT2D eigenvalue weighted by molar-refractivity contribution is 6.34. The maximum absolute atomic E-state index is 13.0. The zero-order chi connectivity index (χ0) is 24.8. The van der Waals surface area contributed by atoms with Gasteiger partial charge in [-0.05, 0) is 73.4 Å². The maximum Gasteiger partial charge on any atom is 0.416 e. The number of ketones is 1. The first kappa shape index (κ1) is 25.2. The Morgan fingerprint density at radius 3 is 2.34 bits per heavy atom. The minimum atomic E-state index is -4.50. The summed E-state index contributed by atoms with van der Waals surface area (Å²) in [5.74, 6) is 1.75. The van der Waals surface area contributed by atoms with Crippen molar-refractivity contribution in [1.29, 1.82) is 0 Å². The molecule has 35 heavy (non-hydrogen) atoms. The van der Waals surface area contributed by atoms with Gasteiger partial charge >= 0.3 is 6.18 Å². The summed E-state index contributed by atoms with van der Waals surface area (Å²) in [4.78, 5) is 17.1. The minimum Gasteiger partial charge on any atom is -0.439 e. The predicted octanol–water partition coefficient (Wildman–Crippen LogP) is 8.56. The molecule has 1 saturated carbocycles. The summed E-state index contributed by atoms with van der Waals surface area (Å²) >= 11 is 6.03. The van der Waals surface area contributed by atoms with Crippen LogP contribution in [0.1, 0.15) is 60.0 Å². The Balaban J connectivity index is 1.23. The van der Waals surface area contributed by atoms with Crippen molar-refractivity contribution in [2.24, 2.45) is 11.8 Å². The third kappa shape index (κ3) is 7.07. The molecule has 1 heterocycles. The number of hydrogen-bond donors (Lipinski definition) is 0. The maximum atomic E-state index is 13.0. The normalized spacial score (nSPS) is 18.3. The monoisotopic (exact) mass is 501 g/mol. The first-order valence-corrected chi connectivity index (χ1v) is 12.2. The van der Waals surface area contributed by atoms with Gasteiger partial charge in [0.25, 0.3) is 0 Å². The number of Topliss-reactive ketones (excluding diaryl/α,β-unsaturated/α-hetero) is 1. The minimum absolute atomic E-state index is 0.0317. The van der Waals surface area contributed by atoms with Crippen molar-refractivity contribution in [2.45, 2.75) is 51.1 Å². The fraction of sp³-hybridized carbons (Fsp3) is 0.357. The van der Waals surface area contributed by atoms with E-state index < -0.39 is 11.7 Å². The molecule has 0 atom stereocenters. The quantitative estimate of drug-likeness (QED) is 0.290. The van der Waals surface area contributed by atoms with Crippen molar-refractivity contribution in [2.75, 3.05) is 0 Å². The molecule has 0 unspecified atom stereocenters. The average molecular weight is 502 g/mol. The van der Waals surface area contributed by atoms with Crippen LogP contribution >= 0.6 is 11.6 Å². The molecule has 0 aliphatic heterocycles. The fourth-order valence-electron chi connectivity index (χ4n) is 4.61. The standard InChI is InChI=1S/C28H27ClF3NO2/c29-25-14-13-22(28(30,31)32)17-24(25)26(34)16-20-9-6-19(7-10-20)8-11-21-12-15-27(33-18-21)35-23-4-2-1-3-5-23/h1-5,12-15,17-20H,6-11,16H2. The van der Waals surface area contributed by atoms with Gasteiger partial charge in [0.15, 0.2) is 5.78 Å². The number of halogens is 4. The van der Waals surface area contributed by atoms with E-state index in [1.165, 1.54) is 0 Å². The van der Waals surface area contributed by atoms with Gasteiger partial charge in [0.1, 0.15) is 5.75 Å². The Bertz CT molecular complexity index is 1130. The summed E-state index contributed by atoms with van der Waals surface area (Å²) in [6.07, 6.45) is 3.37. The highest BCUT2D eigenvalue weighted by Gasteiger charge is 2.32. The van der Waals surface area contributed by atoms with Gasteiger partial charge in [-0.1, -0.05) is 48.7 Å². The fourth-order valence-corrected chi connectivity index (χ4v) is 4.83. The zero-order valence-electron chi connectivity index (χ0n) is 19.2. The SMILES string of the molecule is O=C(CC1CCC(CCc2ccc(Oc3ccccc3)nc2)CC1)c1cc(C(F)(F)F)ccc1Cl. The second-order valence-corrected chi connectivity index (χ2v) is 9.57. The van der Waals surface area contributed by atoms with Crippen LogP contribution in [0.25, 0.3) is 0 Å². The molecule has 1 aliphatic rings. The molecule has 184 valence electrons. The number of alkyl halides is 3. The van der Waals surface area contributed by atoms with Crippen molar-refractivity contribution in [1.82, 2.24) is 4.98 Å². The Labute approximate surface area is 208 Å². The summed E-state index contributed by atoms with van der Waals surface area (Å²) in [6.45, 7) is 0. The molecule has 4 rings (SSSR count). The molecule has 0 radical (unpaired) electrons. The molecule has 0 saturated heterocycles. The van der Waals surface area contributed by atoms with E-state index in [-0.39, 0.29) is 28.7 Å². The Morgan fingerprint density at radius 1 is 0.971 bits per heavy atom. The molecule has 2 aromatic carbocycles. The lowest BCUT2D eigenvalue weighted by Crippen LogP contribution is -2.18. The molecule has 1 aliphatic carbocycles. The van der Waals surface area contributed by atoms with Crippen LogP contribution in [-0.4, -0.2) is 10.8 Å². The number of hydrogen-bond acceptors (Lipinski definition) is 3. The molecule has 0 N–H and O–H groups in total. The predicted molar refractivity (Wildman–Crippen MR) is 130 cm³/mol. The van der Waals surface area contributed by atoms with Crippen LogP contribution in [0.4, 0.5) is 13.2 Å². The smallest absolute Gasteiger partial charge is 0.416 e. The van der Waals surface area contributed by atoms with E-state index in [2.05, 4.69) is 4.98 Å². The first-order chi connectivity index (χ1) is 16.8. The second kappa shape index (κ2) is 11.3. The molecule has 0 bridgehead atoms. The van der Waals surface area contributed by atoms with Gasteiger partial charge in [0, 0.05) is 24.2 Å². The third-order valence-electron chi connectivity index (χ3n) is 6.64. The number of aryl methyl sites for hydroxylation is 1. The molecular weight excluding hydrogens is 475 g/mol. The van der Waals surface area contributed by atoms with Crippen molar-refractivity contribution in [3.05, 3.63) is 88.6 Å². The lowest BCUT2D eigenvalue weighted by molar-refractivity contribution is -0.137. The van der Waals surface area contributed by atoms with E-state index in [0.717, 1.165) is 68.0 Å². The van der Waals surface area contributed by atoms with Gasteiger partial charge in [0.05, 0.1) is 10.6 Å². The Kier molecular flexibility index (Phi) is 8.11. The molecular formula is C28H27ClF3NO2. The number of aromatic nitrogens is 1. The van der Waals surface area contributed by atoms with Crippen LogP contribution in [0.15, 0.2) is 66.9 Å². The summed E-state index contributed by atoms with van der Waals surface area (Å²) < 4.78 is 44.7. The summed E-state index contributed by atoms with van der Waals surface area (Å²) in [7, 11) is 0. The topological polar surface area (TPSA) is 39.2 Å². The van der Waals surface area contributed by atoms with Gasteiger partial charge in [-0.25, -0.2) is 4.98 Å². The Morgan fingerprint density at radius 2 is 1.69 bits per heavy atom. The molecule has 1 aromatic heterocycles. The highest BCUT2D eigenvalue weighted by Crippen LogP contribution is 2.36. The summed E-state index contributed by atoms with van der Waals surface area (Å²) in [5.41, 5.74) is 0.279. The lowest BCUT2D eigenvalue weighted by atomic mass is 9.77. The van der Waals surface area contributed by atoms with Gasteiger partial charge < -0.3 is 4.74 Å². The van der Waals surface area contributed by atoms with Crippen molar-refractivity contribution in [3.63, 3.8) is 0 Å². The third-order valence-corrected chi connectivity index (χ3v) is 6.97. The van der Waals surface area contributed by atoms with Crippen LogP contribution < -0.4 is 4.74 Å². The average Bonchev–Trinajstić information content (AvgIpc) is 2.84. The molecule has 3 nitrogen and oxygen atoms in total. The van der Waals surface area contributed by atoms with Gasteiger partial charge in [-0.3, -0.25) is 4.79 Å². The lowest BCUT2D eigenvalue weighted by Gasteiger charge is -2.28. The molecule has 1 fully saturated rings. The van der Waals surface area contributed by atoms with Gasteiger partial charge in [-0.15, -0.1) is 0 Å². The van der Waals surface area contributed by atoms with E-state index in [1.54, 1.807) is 0 Å². The highest BCUT2D eigenvalue weighted by atomic mass is 35.5. The number of nitrogens with zero attached hydrogens (tertiary/aromatic N) is 1. The molecule has 0 spiro atoms. The van der Waals surface area contributed by atoms with Crippen LogP contribution in [0.2, 0.25) is 5.02 Å². The van der Waals surface area contributed by atoms with Gasteiger partial charge in [-0.2, -0.15) is 13.2 Å². The number of ether oxygens (including phenoxy) is 1. The molecule has 0 amide bonds. The molecule has 7 heteroatoms. The van der Waals surface area contributed by atoms with Crippen LogP contribution in [0.3, 0.4) is 0 Å². The van der Waals surface area contributed by atoms with Gasteiger partial charge in [0.2, 0.25) is 5.88 Å². The molecule has 3 aromatic rings. The number of rotatable bonds is 8. The first-order valence-electron chi connectivity index (χ1n) is 11.9. The van der Waals surface area contributed by atoms with Crippen LogP contribution in [-0.2, 0) is 12.6 Å². The van der Waals surface area contributed by atoms with E-state index >= 15 is 0 Å². The number of carbonyl (C=O) groups excluding carboxylic acids is 1. The summed E-state index contributed by atoms with van der Waals surface area (Å²) in [5, 5.41) is 0.0745. The van der Waals surface area contributed by atoms with E-state index in [0.29, 0.717) is 11.8 Å². The van der Waals surface area contributed by atoms with E-state index in [1.807, 2.05) is 48.7 Å². The van der Waals surface area contributed by atoms with Crippen molar-refractivity contribution in [3.8, 4) is 11.6 Å². The summed E-state index contributed by atoms with van der Waals surface area (Å²) in [6, 6.07) is 16.4. The van der Waals surface area contributed by atoms with E-state index in [4.69, 9.17) is 16.3 Å². The van der Waals surface area contributed by atoms with Crippen LogP contribution in [0.5, 0.6) is 11.6 Å². The Hall–Kier alpha value is -2.86. The number of benzene rings is 2. The van der Waals surface area contributed by atoms with Crippen molar-refractivity contribution < 1.29 is 22.7 Å². The van der Waals surface area contributed by atoms with Crippen molar-refractivity contribution >= 4 is 17.4 Å². The number of pyridine rings is 1.